The Kier molecular flexibility index (Phi) is 4.81. The standard InChI is InChI=1S/C18H23ClN4O/c1-11-4-6-23(7-5-11)17-16(20)18(22-10-21-17)24-14-8-12(2)15(19)13(3)9-14/h8-11H,4-7,20H2,1-3H3. The minimum absolute atomic E-state index is 0.389. The zero-order valence-electron chi connectivity index (χ0n) is 14.3. The van der Waals surface area contributed by atoms with Crippen molar-refractivity contribution >= 4 is 23.1 Å². The third-order valence-corrected chi connectivity index (χ3v) is 5.13. The van der Waals surface area contributed by atoms with E-state index < -0.39 is 0 Å². The number of anilines is 2. The maximum atomic E-state index is 6.28. The van der Waals surface area contributed by atoms with Crippen LogP contribution in [-0.2, 0) is 0 Å². The molecule has 0 saturated carbocycles. The second-order valence-corrected chi connectivity index (χ2v) is 6.94. The van der Waals surface area contributed by atoms with Crippen molar-refractivity contribution < 1.29 is 4.74 Å². The van der Waals surface area contributed by atoms with Gasteiger partial charge in [-0.2, -0.15) is 4.98 Å². The molecule has 0 aliphatic carbocycles. The number of nitrogen functional groups attached to an aromatic ring is 1. The first-order chi connectivity index (χ1) is 11.5. The van der Waals surface area contributed by atoms with Crippen molar-refractivity contribution in [3.63, 3.8) is 0 Å². The summed E-state index contributed by atoms with van der Waals surface area (Å²) in [4.78, 5) is 10.8. The summed E-state index contributed by atoms with van der Waals surface area (Å²) in [5.74, 6) is 2.58. The van der Waals surface area contributed by atoms with Crippen molar-refractivity contribution in [2.75, 3.05) is 23.7 Å². The Morgan fingerprint density at radius 2 is 1.79 bits per heavy atom. The zero-order valence-corrected chi connectivity index (χ0v) is 15.1. The van der Waals surface area contributed by atoms with Gasteiger partial charge in [-0.05, 0) is 55.9 Å². The molecule has 2 N–H and O–H groups in total. The molecule has 0 amide bonds. The van der Waals surface area contributed by atoms with E-state index in [9.17, 15) is 0 Å². The predicted molar refractivity (Wildman–Crippen MR) is 98.1 cm³/mol. The third kappa shape index (κ3) is 3.41. The van der Waals surface area contributed by atoms with Crippen LogP contribution in [0.1, 0.15) is 30.9 Å². The number of hydrogen-bond acceptors (Lipinski definition) is 5. The third-order valence-electron chi connectivity index (χ3n) is 4.53. The molecule has 1 aromatic carbocycles. The van der Waals surface area contributed by atoms with Gasteiger partial charge in [0.15, 0.2) is 5.82 Å². The Balaban J connectivity index is 1.86. The van der Waals surface area contributed by atoms with E-state index in [1.807, 2.05) is 26.0 Å². The summed E-state index contributed by atoms with van der Waals surface area (Å²) in [7, 11) is 0. The van der Waals surface area contributed by atoms with Gasteiger partial charge in [-0.1, -0.05) is 18.5 Å². The molecule has 128 valence electrons. The fourth-order valence-corrected chi connectivity index (χ4v) is 3.11. The lowest BCUT2D eigenvalue weighted by Gasteiger charge is -2.31. The van der Waals surface area contributed by atoms with Crippen molar-refractivity contribution in [2.45, 2.75) is 33.6 Å². The van der Waals surface area contributed by atoms with Crippen LogP contribution < -0.4 is 15.4 Å². The molecule has 0 atom stereocenters. The largest absolute Gasteiger partial charge is 0.437 e. The zero-order chi connectivity index (χ0) is 17.3. The van der Waals surface area contributed by atoms with Crippen LogP contribution in [0, 0.1) is 19.8 Å². The van der Waals surface area contributed by atoms with Crippen LogP contribution in [0.15, 0.2) is 18.5 Å². The number of aryl methyl sites for hydroxylation is 2. The molecule has 5 nitrogen and oxygen atoms in total. The van der Waals surface area contributed by atoms with Gasteiger partial charge in [0.25, 0.3) is 0 Å². The van der Waals surface area contributed by atoms with E-state index in [1.165, 1.54) is 6.33 Å². The molecule has 1 aliphatic heterocycles. The summed E-state index contributed by atoms with van der Waals surface area (Å²) in [6.45, 7) is 8.10. The molecule has 1 saturated heterocycles. The Labute approximate surface area is 147 Å². The molecule has 3 rings (SSSR count). The normalized spacial score (nSPS) is 15.6. The van der Waals surface area contributed by atoms with Crippen molar-refractivity contribution in [3.8, 4) is 11.6 Å². The van der Waals surface area contributed by atoms with Crippen LogP contribution >= 0.6 is 11.6 Å². The quantitative estimate of drug-likeness (QED) is 0.894. The number of rotatable bonds is 3. The monoisotopic (exact) mass is 346 g/mol. The van der Waals surface area contributed by atoms with Crippen LogP contribution in [0.5, 0.6) is 11.6 Å². The summed E-state index contributed by atoms with van der Waals surface area (Å²) in [6, 6.07) is 3.78. The second-order valence-electron chi connectivity index (χ2n) is 6.56. The van der Waals surface area contributed by atoms with Gasteiger partial charge < -0.3 is 15.4 Å². The number of aromatic nitrogens is 2. The van der Waals surface area contributed by atoms with Crippen LogP contribution in [0.3, 0.4) is 0 Å². The number of benzene rings is 1. The van der Waals surface area contributed by atoms with Crippen LogP contribution in [0.25, 0.3) is 0 Å². The first kappa shape index (κ1) is 16.8. The molecule has 2 aromatic rings. The Morgan fingerprint density at radius 1 is 1.17 bits per heavy atom. The summed E-state index contributed by atoms with van der Waals surface area (Å²) in [6.07, 6.45) is 3.80. The Bertz CT molecular complexity index is 719. The lowest BCUT2D eigenvalue weighted by atomic mass is 9.99. The molecular formula is C18H23ClN4O. The van der Waals surface area contributed by atoms with Gasteiger partial charge in [0.1, 0.15) is 17.8 Å². The summed E-state index contributed by atoms with van der Waals surface area (Å²) in [5, 5.41) is 0.751. The van der Waals surface area contributed by atoms with Gasteiger partial charge in [-0.25, -0.2) is 4.98 Å². The fraction of sp³-hybridized carbons (Fsp3) is 0.444. The minimum Gasteiger partial charge on any atom is -0.437 e. The lowest BCUT2D eigenvalue weighted by Crippen LogP contribution is -2.34. The highest BCUT2D eigenvalue weighted by Crippen LogP contribution is 2.35. The average Bonchev–Trinajstić information content (AvgIpc) is 2.55. The molecule has 6 heteroatoms. The summed E-state index contributed by atoms with van der Waals surface area (Å²) >= 11 is 6.21. The highest BCUT2D eigenvalue weighted by Gasteiger charge is 2.21. The van der Waals surface area contributed by atoms with Crippen molar-refractivity contribution in [1.29, 1.82) is 0 Å². The lowest BCUT2D eigenvalue weighted by molar-refractivity contribution is 0.434. The van der Waals surface area contributed by atoms with E-state index >= 15 is 0 Å². The number of hydrogen-bond donors (Lipinski definition) is 1. The van der Waals surface area contributed by atoms with Gasteiger partial charge in [0.05, 0.1) is 0 Å². The summed E-state index contributed by atoms with van der Waals surface area (Å²) in [5.41, 5.74) is 8.69. The number of ether oxygens (including phenoxy) is 1. The van der Waals surface area contributed by atoms with E-state index in [0.29, 0.717) is 17.3 Å². The van der Waals surface area contributed by atoms with Crippen LogP contribution in [-0.4, -0.2) is 23.1 Å². The van der Waals surface area contributed by atoms with E-state index in [0.717, 1.165) is 53.8 Å². The Morgan fingerprint density at radius 3 is 2.42 bits per heavy atom. The molecule has 1 aromatic heterocycles. The maximum Gasteiger partial charge on any atom is 0.248 e. The van der Waals surface area contributed by atoms with Crippen molar-refractivity contribution in [1.82, 2.24) is 9.97 Å². The average molecular weight is 347 g/mol. The van der Waals surface area contributed by atoms with Gasteiger partial charge in [-0.15, -0.1) is 0 Å². The van der Waals surface area contributed by atoms with Gasteiger partial charge in [0, 0.05) is 18.1 Å². The van der Waals surface area contributed by atoms with E-state index in [1.54, 1.807) is 0 Å². The van der Waals surface area contributed by atoms with Crippen molar-refractivity contribution in [2.24, 2.45) is 5.92 Å². The molecular weight excluding hydrogens is 324 g/mol. The first-order valence-electron chi connectivity index (χ1n) is 8.25. The van der Waals surface area contributed by atoms with E-state index in [2.05, 4.69) is 21.8 Å². The van der Waals surface area contributed by atoms with Gasteiger partial charge in [0.2, 0.25) is 5.88 Å². The Hall–Kier alpha value is -2.01. The van der Waals surface area contributed by atoms with Gasteiger partial charge in [-0.3, -0.25) is 0 Å². The smallest absolute Gasteiger partial charge is 0.248 e. The van der Waals surface area contributed by atoms with Crippen molar-refractivity contribution in [3.05, 3.63) is 34.6 Å². The number of halogens is 1. The molecule has 0 radical (unpaired) electrons. The number of nitrogens with two attached hydrogens (primary N) is 1. The van der Waals surface area contributed by atoms with Crippen LogP contribution in [0.4, 0.5) is 11.5 Å². The number of nitrogens with zero attached hydrogens (tertiary/aromatic N) is 3. The fourth-order valence-electron chi connectivity index (χ4n) is 3.00. The van der Waals surface area contributed by atoms with Gasteiger partial charge >= 0.3 is 0 Å². The second kappa shape index (κ2) is 6.85. The molecule has 2 heterocycles. The first-order valence-corrected chi connectivity index (χ1v) is 8.63. The SMILES string of the molecule is Cc1cc(Oc2ncnc(N3CCC(C)CC3)c2N)cc(C)c1Cl. The van der Waals surface area contributed by atoms with E-state index in [-0.39, 0.29) is 0 Å². The molecule has 0 spiro atoms. The maximum absolute atomic E-state index is 6.28. The highest BCUT2D eigenvalue weighted by atomic mass is 35.5. The van der Waals surface area contributed by atoms with E-state index in [4.69, 9.17) is 22.1 Å². The van der Waals surface area contributed by atoms with Crippen LogP contribution in [0.2, 0.25) is 5.02 Å². The summed E-state index contributed by atoms with van der Waals surface area (Å²) < 4.78 is 5.92. The minimum atomic E-state index is 0.389. The topological polar surface area (TPSA) is 64.3 Å². The highest BCUT2D eigenvalue weighted by molar-refractivity contribution is 6.32. The molecule has 1 fully saturated rings. The number of piperidine rings is 1. The molecule has 1 aliphatic rings. The molecule has 24 heavy (non-hydrogen) atoms. The molecule has 0 unspecified atom stereocenters. The predicted octanol–water partition coefficient (Wildman–Crippen LogP) is 4.36. The molecule has 0 bridgehead atoms.